The highest BCUT2D eigenvalue weighted by molar-refractivity contribution is 5.78. The maximum atomic E-state index is 5.87. The quantitative estimate of drug-likeness (QED) is 0.622. The number of methoxy groups -OCH3 is 1. The third kappa shape index (κ3) is 3.37. The second-order valence-corrected chi connectivity index (χ2v) is 5.25. The van der Waals surface area contributed by atoms with Gasteiger partial charge in [-0.1, -0.05) is 30.3 Å². The Hall–Kier alpha value is -2.75. The summed E-state index contributed by atoms with van der Waals surface area (Å²) < 4.78 is 13.2. The minimum atomic E-state index is 0.531. The molecular weight excluding hydrogens is 288 g/mol. The third-order valence-corrected chi connectivity index (χ3v) is 3.72. The first-order valence-corrected chi connectivity index (χ1v) is 7.63. The van der Waals surface area contributed by atoms with E-state index in [4.69, 9.17) is 9.47 Å². The molecule has 3 aromatic rings. The van der Waals surface area contributed by atoms with Gasteiger partial charge >= 0.3 is 0 Å². The number of fused-ring (bicyclic) bond motifs is 1. The molecule has 0 aliphatic heterocycles. The minimum absolute atomic E-state index is 0.531. The van der Waals surface area contributed by atoms with Gasteiger partial charge in [0, 0.05) is 5.39 Å². The van der Waals surface area contributed by atoms with Crippen molar-refractivity contribution in [1.29, 1.82) is 0 Å². The van der Waals surface area contributed by atoms with Crippen LogP contribution in [-0.2, 0) is 13.0 Å². The van der Waals surface area contributed by atoms with Gasteiger partial charge in [0.15, 0.2) is 11.5 Å². The molecule has 23 heavy (non-hydrogen) atoms. The van der Waals surface area contributed by atoms with Crippen molar-refractivity contribution in [2.24, 2.45) is 0 Å². The highest BCUT2D eigenvalue weighted by atomic mass is 16.5. The molecule has 0 spiro atoms. The zero-order valence-electron chi connectivity index (χ0n) is 13.2. The average molecular weight is 308 g/mol. The van der Waals surface area contributed by atoms with E-state index in [0.29, 0.717) is 13.2 Å². The molecule has 118 valence electrons. The number of allylic oxidation sites excluding steroid dienone is 1. The van der Waals surface area contributed by atoms with E-state index < -0.39 is 0 Å². The molecule has 0 bridgehead atoms. The van der Waals surface area contributed by atoms with Crippen molar-refractivity contribution in [2.75, 3.05) is 13.7 Å². The van der Waals surface area contributed by atoms with Crippen LogP contribution in [0.2, 0.25) is 0 Å². The van der Waals surface area contributed by atoms with E-state index >= 15 is 0 Å². The SMILES string of the molecule is C=CCc1ccc(OCCn2ncc3ccccc32)c(OC)c1. The van der Waals surface area contributed by atoms with Gasteiger partial charge in [-0.3, -0.25) is 4.68 Å². The fourth-order valence-electron chi connectivity index (χ4n) is 2.57. The van der Waals surface area contributed by atoms with Crippen molar-refractivity contribution in [3.8, 4) is 11.5 Å². The molecule has 0 atom stereocenters. The number of hydrogen-bond acceptors (Lipinski definition) is 3. The zero-order valence-corrected chi connectivity index (χ0v) is 13.2. The summed E-state index contributed by atoms with van der Waals surface area (Å²) >= 11 is 0. The van der Waals surface area contributed by atoms with Crippen LogP contribution in [0.5, 0.6) is 11.5 Å². The van der Waals surface area contributed by atoms with Crippen LogP contribution < -0.4 is 9.47 Å². The molecule has 1 heterocycles. The van der Waals surface area contributed by atoms with Gasteiger partial charge in [0.25, 0.3) is 0 Å². The van der Waals surface area contributed by atoms with Gasteiger partial charge in [0.05, 0.1) is 25.4 Å². The summed E-state index contributed by atoms with van der Waals surface area (Å²) in [5, 5.41) is 5.54. The van der Waals surface area contributed by atoms with E-state index in [0.717, 1.165) is 34.4 Å². The van der Waals surface area contributed by atoms with Gasteiger partial charge in [-0.25, -0.2) is 0 Å². The number of rotatable bonds is 7. The van der Waals surface area contributed by atoms with E-state index in [9.17, 15) is 0 Å². The van der Waals surface area contributed by atoms with Crippen LogP contribution in [0.4, 0.5) is 0 Å². The van der Waals surface area contributed by atoms with Crippen LogP contribution in [0.15, 0.2) is 61.3 Å². The summed E-state index contributed by atoms with van der Waals surface area (Å²) in [5.74, 6) is 1.49. The summed E-state index contributed by atoms with van der Waals surface area (Å²) in [7, 11) is 1.65. The summed E-state index contributed by atoms with van der Waals surface area (Å²) in [5.41, 5.74) is 2.27. The van der Waals surface area contributed by atoms with Crippen LogP contribution in [0.25, 0.3) is 10.9 Å². The van der Waals surface area contributed by atoms with E-state index in [-0.39, 0.29) is 0 Å². The van der Waals surface area contributed by atoms with Gasteiger partial charge in [-0.15, -0.1) is 6.58 Å². The zero-order chi connectivity index (χ0) is 16.1. The Bertz CT molecular complexity index is 808. The molecular formula is C19H20N2O2. The molecule has 0 fully saturated rings. The maximum absolute atomic E-state index is 5.87. The molecule has 0 amide bonds. The van der Waals surface area contributed by atoms with Crippen LogP contribution in [-0.4, -0.2) is 23.5 Å². The average Bonchev–Trinajstić information content (AvgIpc) is 2.99. The number of ether oxygens (including phenoxy) is 2. The Morgan fingerprint density at radius 3 is 2.87 bits per heavy atom. The van der Waals surface area contributed by atoms with Crippen LogP contribution in [0, 0.1) is 0 Å². The smallest absolute Gasteiger partial charge is 0.161 e. The lowest BCUT2D eigenvalue weighted by molar-refractivity contribution is 0.276. The van der Waals surface area contributed by atoms with E-state index in [1.165, 1.54) is 0 Å². The Morgan fingerprint density at radius 1 is 1.17 bits per heavy atom. The van der Waals surface area contributed by atoms with Gasteiger partial charge in [0.2, 0.25) is 0 Å². The molecule has 2 aromatic carbocycles. The van der Waals surface area contributed by atoms with Gasteiger partial charge in [-0.2, -0.15) is 5.10 Å². The summed E-state index contributed by atoms with van der Waals surface area (Å²) in [6, 6.07) is 14.1. The standard InChI is InChI=1S/C19H20N2O2/c1-3-6-15-9-10-18(19(13-15)22-2)23-12-11-21-17-8-5-4-7-16(17)14-20-21/h3-5,7-10,13-14H,1,6,11-12H2,2H3. The first-order valence-electron chi connectivity index (χ1n) is 7.63. The van der Waals surface area contributed by atoms with Crippen LogP contribution >= 0.6 is 0 Å². The van der Waals surface area contributed by atoms with E-state index in [1.807, 2.05) is 47.3 Å². The van der Waals surface area contributed by atoms with Gasteiger partial charge < -0.3 is 9.47 Å². The molecule has 0 radical (unpaired) electrons. The molecule has 0 N–H and O–H groups in total. The Balaban J connectivity index is 1.67. The van der Waals surface area contributed by atoms with E-state index in [1.54, 1.807) is 7.11 Å². The summed E-state index contributed by atoms with van der Waals surface area (Å²) in [6.07, 6.45) is 4.56. The largest absolute Gasteiger partial charge is 0.493 e. The number of hydrogen-bond donors (Lipinski definition) is 0. The van der Waals surface area contributed by atoms with Crippen molar-refractivity contribution >= 4 is 10.9 Å². The predicted molar refractivity (Wildman–Crippen MR) is 92.1 cm³/mol. The van der Waals surface area contributed by atoms with Crippen LogP contribution in [0.1, 0.15) is 5.56 Å². The molecule has 1 aromatic heterocycles. The summed E-state index contributed by atoms with van der Waals surface area (Å²) in [6.45, 7) is 4.97. The minimum Gasteiger partial charge on any atom is -0.493 e. The number of aromatic nitrogens is 2. The lowest BCUT2D eigenvalue weighted by atomic mass is 10.1. The maximum Gasteiger partial charge on any atom is 0.161 e. The lowest BCUT2D eigenvalue weighted by Gasteiger charge is -2.12. The molecule has 0 aliphatic rings. The normalized spacial score (nSPS) is 10.7. The first-order chi connectivity index (χ1) is 11.3. The number of benzene rings is 2. The van der Waals surface area contributed by atoms with Crippen molar-refractivity contribution in [3.63, 3.8) is 0 Å². The Morgan fingerprint density at radius 2 is 2.04 bits per heavy atom. The van der Waals surface area contributed by atoms with Crippen molar-refractivity contribution in [1.82, 2.24) is 9.78 Å². The van der Waals surface area contributed by atoms with Crippen LogP contribution in [0.3, 0.4) is 0 Å². The monoisotopic (exact) mass is 308 g/mol. The molecule has 4 heteroatoms. The predicted octanol–water partition coefficient (Wildman–Crippen LogP) is 3.85. The molecule has 3 rings (SSSR count). The Labute approximate surface area is 136 Å². The molecule has 0 unspecified atom stereocenters. The third-order valence-electron chi connectivity index (χ3n) is 3.72. The van der Waals surface area contributed by atoms with Gasteiger partial charge in [0.1, 0.15) is 6.61 Å². The number of nitrogens with zero attached hydrogens (tertiary/aromatic N) is 2. The van der Waals surface area contributed by atoms with Crippen molar-refractivity contribution in [3.05, 3.63) is 66.9 Å². The fourth-order valence-corrected chi connectivity index (χ4v) is 2.57. The molecule has 0 aliphatic carbocycles. The van der Waals surface area contributed by atoms with Crippen molar-refractivity contribution in [2.45, 2.75) is 13.0 Å². The lowest BCUT2D eigenvalue weighted by Crippen LogP contribution is -2.09. The van der Waals surface area contributed by atoms with Crippen molar-refractivity contribution < 1.29 is 9.47 Å². The number of para-hydroxylation sites is 1. The second-order valence-electron chi connectivity index (χ2n) is 5.25. The highest BCUT2D eigenvalue weighted by Gasteiger charge is 2.06. The molecule has 0 saturated carbocycles. The van der Waals surface area contributed by atoms with Gasteiger partial charge in [-0.05, 0) is 30.2 Å². The topological polar surface area (TPSA) is 36.3 Å². The Kier molecular flexibility index (Phi) is 4.62. The summed E-state index contributed by atoms with van der Waals surface area (Å²) in [4.78, 5) is 0. The van der Waals surface area contributed by atoms with E-state index in [2.05, 4.69) is 23.8 Å². The molecule has 4 nitrogen and oxygen atoms in total. The first kappa shape index (κ1) is 15.2. The highest BCUT2D eigenvalue weighted by Crippen LogP contribution is 2.28. The molecule has 0 saturated heterocycles. The second kappa shape index (κ2) is 7.01. The fraction of sp³-hybridized carbons (Fsp3) is 0.211.